The van der Waals surface area contributed by atoms with E-state index in [1.807, 2.05) is 37.4 Å². The molecule has 40 heavy (non-hydrogen) atoms. The number of rotatable bonds is 4. The first-order valence-electron chi connectivity index (χ1n) is 12.4. The van der Waals surface area contributed by atoms with Gasteiger partial charge in [0.2, 0.25) is 0 Å². The number of nitrogens with zero attached hydrogens (tertiary/aromatic N) is 7. The smallest absolute Gasteiger partial charge is 0.274 e. The molecule has 0 saturated carbocycles. The summed E-state index contributed by atoms with van der Waals surface area (Å²) in [4.78, 5) is 36.5. The van der Waals surface area contributed by atoms with Crippen LogP contribution >= 0.6 is 0 Å². The molecule has 0 fully saturated rings. The topological polar surface area (TPSA) is 138 Å². The van der Waals surface area contributed by atoms with Gasteiger partial charge in [-0.2, -0.15) is 10.2 Å². The molecule has 0 spiro atoms. The van der Waals surface area contributed by atoms with Gasteiger partial charge in [-0.3, -0.25) is 18.7 Å². The molecule has 11 heteroatoms. The van der Waals surface area contributed by atoms with Gasteiger partial charge in [0.1, 0.15) is 11.3 Å². The van der Waals surface area contributed by atoms with Crippen LogP contribution < -0.4 is 16.6 Å². The number of fused-ring (bicyclic) bond motifs is 2. The van der Waals surface area contributed by atoms with Gasteiger partial charge in [0.15, 0.2) is 17.2 Å². The number of benzene rings is 1. The molecule has 5 aromatic heterocycles. The number of nitrogens with two attached hydrogens (primary N) is 1. The summed E-state index contributed by atoms with van der Waals surface area (Å²) in [5, 5.41) is 11.3. The molecule has 0 bridgehead atoms. The Kier molecular flexibility index (Phi) is 6.05. The van der Waals surface area contributed by atoms with Gasteiger partial charge in [-0.05, 0) is 42.7 Å². The predicted octanol–water partition coefficient (Wildman–Crippen LogP) is 2.61. The minimum Gasteiger partial charge on any atom is -0.382 e. The molecule has 0 aliphatic heterocycles. The van der Waals surface area contributed by atoms with E-state index < -0.39 is 11.9 Å². The van der Waals surface area contributed by atoms with E-state index >= 15 is 0 Å². The third kappa shape index (κ3) is 4.33. The zero-order valence-electron chi connectivity index (χ0n) is 21.6. The van der Waals surface area contributed by atoms with E-state index in [1.54, 1.807) is 60.5 Å². The maximum atomic E-state index is 14.1. The highest BCUT2D eigenvalue weighted by Crippen LogP contribution is 2.25. The molecule has 0 unspecified atom stereocenters. The van der Waals surface area contributed by atoms with Gasteiger partial charge < -0.3 is 11.1 Å². The van der Waals surface area contributed by atoms with Gasteiger partial charge in [-0.25, -0.2) is 14.5 Å². The number of amides is 1. The third-order valence-electron chi connectivity index (χ3n) is 6.37. The molecule has 3 N–H and O–H groups in total. The Balaban J connectivity index is 1.48. The summed E-state index contributed by atoms with van der Waals surface area (Å²) in [6, 6.07) is 17.2. The minimum atomic E-state index is -0.667. The second kappa shape index (κ2) is 9.85. The molecule has 1 atom stereocenters. The first-order chi connectivity index (χ1) is 19.4. The Bertz CT molecular complexity index is 2030. The largest absolute Gasteiger partial charge is 0.382 e. The van der Waals surface area contributed by atoms with Crippen molar-refractivity contribution in [2.45, 2.75) is 13.0 Å². The van der Waals surface area contributed by atoms with Crippen LogP contribution in [0.25, 0.3) is 22.4 Å². The van der Waals surface area contributed by atoms with Crippen LogP contribution in [-0.4, -0.2) is 39.7 Å². The lowest BCUT2D eigenvalue weighted by Gasteiger charge is -2.18. The van der Waals surface area contributed by atoms with Crippen molar-refractivity contribution in [1.82, 2.24) is 39.1 Å². The van der Waals surface area contributed by atoms with Crippen LogP contribution in [-0.2, 0) is 7.05 Å². The van der Waals surface area contributed by atoms with E-state index in [4.69, 9.17) is 10.7 Å². The highest BCUT2D eigenvalue weighted by atomic mass is 16.2. The summed E-state index contributed by atoms with van der Waals surface area (Å²) in [7, 11) is 1.81. The van der Waals surface area contributed by atoms with Gasteiger partial charge in [-0.1, -0.05) is 42.3 Å². The SMILES string of the molecule is C[C@@H](NC(=O)c1c(N)nc2cccnn12)c1nc2cccc(C#Cc3cnn(C)c3)n2c(=O)c1-c1ccccc1. The molecule has 0 radical (unpaired) electrons. The van der Waals surface area contributed by atoms with Crippen molar-refractivity contribution in [2.24, 2.45) is 7.05 Å². The Hall–Kier alpha value is -5.76. The standard InChI is InChI=1S/C29H23N9O2/c1-18(33-28(39)26-27(30)35-23-12-7-15-31-38(23)26)25-24(20-8-4-3-5-9-20)29(40)37-21(10-6-11-22(37)34-25)14-13-19-16-32-36(2)17-19/h3-12,15-18H,30H2,1-2H3,(H,33,39)/t18-/m1/s1. The molecular weight excluding hydrogens is 506 g/mol. The van der Waals surface area contributed by atoms with Crippen molar-refractivity contribution in [1.29, 1.82) is 0 Å². The van der Waals surface area contributed by atoms with Crippen molar-refractivity contribution in [3.05, 3.63) is 112 Å². The zero-order chi connectivity index (χ0) is 27.8. The van der Waals surface area contributed by atoms with Crippen LogP contribution in [0.15, 0.2) is 84.0 Å². The van der Waals surface area contributed by atoms with Crippen LogP contribution in [0, 0.1) is 11.8 Å². The number of anilines is 1. The second-order valence-corrected chi connectivity index (χ2v) is 9.13. The molecular formula is C29H23N9O2. The number of hydrogen-bond donors (Lipinski definition) is 2. The first-order valence-corrected chi connectivity index (χ1v) is 12.4. The molecule has 6 aromatic rings. The Morgan fingerprint density at radius 1 is 0.975 bits per heavy atom. The summed E-state index contributed by atoms with van der Waals surface area (Å²) in [5.41, 5.74) is 9.32. The van der Waals surface area contributed by atoms with Crippen LogP contribution in [0.2, 0.25) is 0 Å². The van der Waals surface area contributed by atoms with Crippen LogP contribution in [0.5, 0.6) is 0 Å². The highest BCUT2D eigenvalue weighted by molar-refractivity contribution is 5.98. The maximum absolute atomic E-state index is 14.1. The fourth-order valence-corrected chi connectivity index (χ4v) is 4.56. The third-order valence-corrected chi connectivity index (χ3v) is 6.37. The molecule has 196 valence electrons. The van der Waals surface area contributed by atoms with Crippen molar-refractivity contribution < 1.29 is 4.79 Å². The number of nitrogen functional groups attached to an aromatic ring is 1. The van der Waals surface area contributed by atoms with E-state index in [9.17, 15) is 9.59 Å². The van der Waals surface area contributed by atoms with E-state index in [0.717, 1.165) is 5.56 Å². The number of carbonyl (C=O) groups excluding carboxylic acids is 1. The van der Waals surface area contributed by atoms with E-state index in [2.05, 4.69) is 32.3 Å². The van der Waals surface area contributed by atoms with Crippen LogP contribution in [0.1, 0.15) is 40.4 Å². The monoisotopic (exact) mass is 529 g/mol. The predicted molar refractivity (Wildman–Crippen MR) is 149 cm³/mol. The summed E-state index contributed by atoms with van der Waals surface area (Å²) in [6.07, 6.45) is 4.99. The highest BCUT2D eigenvalue weighted by Gasteiger charge is 2.25. The number of hydrogen-bond acceptors (Lipinski definition) is 7. The van der Waals surface area contributed by atoms with E-state index in [1.165, 1.54) is 8.92 Å². The Labute approximate surface area is 227 Å². The fourth-order valence-electron chi connectivity index (χ4n) is 4.56. The number of aromatic nitrogens is 7. The molecule has 0 aliphatic carbocycles. The van der Waals surface area contributed by atoms with Crippen molar-refractivity contribution in [3.63, 3.8) is 0 Å². The van der Waals surface area contributed by atoms with Crippen molar-refractivity contribution in [3.8, 4) is 23.0 Å². The summed E-state index contributed by atoms with van der Waals surface area (Å²) >= 11 is 0. The number of aryl methyl sites for hydroxylation is 1. The van der Waals surface area contributed by atoms with Gasteiger partial charge >= 0.3 is 0 Å². The molecule has 1 amide bonds. The molecule has 0 aliphatic rings. The van der Waals surface area contributed by atoms with Gasteiger partial charge in [0.05, 0.1) is 29.1 Å². The quantitative estimate of drug-likeness (QED) is 0.335. The number of carbonyl (C=O) groups is 1. The Morgan fingerprint density at radius 3 is 2.55 bits per heavy atom. The van der Waals surface area contributed by atoms with Gasteiger partial charge in [0.25, 0.3) is 11.5 Å². The van der Waals surface area contributed by atoms with Gasteiger partial charge in [0, 0.05) is 19.4 Å². The van der Waals surface area contributed by atoms with E-state index in [-0.39, 0.29) is 17.1 Å². The molecule has 6 rings (SSSR count). The first kappa shape index (κ1) is 24.6. The van der Waals surface area contributed by atoms with E-state index in [0.29, 0.717) is 33.8 Å². The maximum Gasteiger partial charge on any atom is 0.274 e. The minimum absolute atomic E-state index is 0.0510. The summed E-state index contributed by atoms with van der Waals surface area (Å²) in [6.45, 7) is 1.77. The molecule has 11 nitrogen and oxygen atoms in total. The summed E-state index contributed by atoms with van der Waals surface area (Å²) < 4.78 is 4.52. The van der Waals surface area contributed by atoms with Crippen molar-refractivity contribution in [2.75, 3.05) is 5.73 Å². The zero-order valence-corrected chi connectivity index (χ0v) is 21.6. The lowest BCUT2D eigenvalue weighted by atomic mass is 10.0. The Morgan fingerprint density at radius 2 is 1.77 bits per heavy atom. The molecule has 0 saturated heterocycles. The number of imidazole rings is 1. The average Bonchev–Trinajstić information content (AvgIpc) is 3.53. The lowest BCUT2D eigenvalue weighted by Crippen LogP contribution is -2.32. The van der Waals surface area contributed by atoms with Gasteiger partial charge in [-0.15, -0.1) is 0 Å². The van der Waals surface area contributed by atoms with Crippen molar-refractivity contribution >= 4 is 23.0 Å². The molecule has 1 aromatic carbocycles. The lowest BCUT2D eigenvalue weighted by molar-refractivity contribution is 0.0933. The van der Waals surface area contributed by atoms with Crippen LogP contribution in [0.3, 0.4) is 0 Å². The summed E-state index contributed by atoms with van der Waals surface area (Å²) in [5.74, 6) is 5.69. The average molecular weight is 530 g/mol. The molecule has 5 heterocycles. The fraction of sp³-hybridized carbons (Fsp3) is 0.103. The number of nitrogens with one attached hydrogen (secondary N) is 1. The normalized spacial score (nSPS) is 11.8. The van der Waals surface area contributed by atoms with Crippen LogP contribution in [0.4, 0.5) is 5.82 Å². The second-order valence-electron chi connectivity index (χ2n) is 9.13. The number of pyridine rings is 1.